The molecule has 0 aliphatic carbocycles. The lowest BCUT2D eigenvalue weighted by atomic mass is 10.2. The molecule has 2 aromatic carbocycles. The number of hydrogen-bond donors (Lipinski definition) is 1. The number of ether oxygens (including phenoxy) is 1. The van der Waals surface area contributed by atoms with Crippen LogP contribution in [0.2, 0.25) is 5.02 Å². The zero-order chi connectivity index (χ0) is 17.0. The monoisotopic (exact) mass is 366 g/mol. The van der Waals surface area contributed by atoms with E-state index in [-0.39, 0.29) is 5.75 Å². The molecule has 0 radical (unpaired) electrons. The van der Waals surface area contributed by atoms with Crippen LogP contribution in [0.3, 0.4) is 0 Å². The molecule has 0 atom stereocenters. The van der Waals surface area contributed by atoms with Crippen molar-refractivity contribution in [2.75, 3.05) is 35.9 Å². The van der Waals surface area contributed by atoms with Gasteiger partial charge in [-0.3, -0.25) is 4.72 Å². The summed E-state index contributed by atoms with van der Waals surface area (Å²) in [5.41, 5.74) is 2.06. The Balaban J connectivity index is 1.78. The van der Waals surface area contributed by atoms with Gasteiger partial charge in [0.1, 0.15) is 0 Å². The summed E-state index contributed by atoms with van der Waals surface area (Å²) in [5.74, 6) is -0.0913. The third kappa shape index (κ3) is 4.41. The molecule has 7 heteroatoms. The Bertz CT molecular complexity index is 791. The van der Waals surface area contributed by atoms with Gasteiger partial charge < -0.3 is 9.64 Å². The van der Waals surface area contributed by atoms with Gasteiger partial charge in [0.2, 0.25) is 10.0 Å². The lowest BCUT2D eigenvalue weighted by Gasteiger charge is -2.29. The van der Waals surface area contributed by atoms with E-state index in [1.54, 1.807) is 24.3 Å². The first-order valence-electron chi connectivity index (χ1n) is 7.70. The molecular weight excluding hydrogens is 348 g/mol. The first kappa shape index (κ1) is 17.1. The lowest BCUT2D eigenvalue weighted by molar-refractivity contribution is 0.122. The number of nitrogens with one attached hydrogen (secondary N) is 1. The van der Waals surface area contributed by atoms with Gasteiger partial charge in [-0.1, -0.05) is 41.9 Å². The molecule has 1 N–H and O–H groups in total. The van der Waals surface area contributed by atoms with Gasteiger partial charge in [0.05, 0.1) is 29.7 Å². The van der Waals surface area contributed by atoms with Gasteiger partial charge in [-0.15, -0.1) is 0 Å². The third-order valence-electron chi connectivity index (χ3n) is 3.79. The molecule has 1 saturated heterocycles. The van der Waals surface area contributed by atoms with Crippen molar-refractivity contribution >= 4 is 33.0 Å². The number of anilines is 2. The Morgan fingerprint density at radius 3 is 2.50 bits per heavy atom. The molecule has 1 fully saturated rings. The standard InChI is InChI=1S/C17H19ClN2O3S/c18-16-7-6-15(20-8-10-23-11-9-20)12-17(16)19-24(21,22)13-14-4-2-1-3-5-14/h1-7,12,19H,8-11,13H2. The van der Waals surface area contributed by atoms with Gasteiger partial charge in [0.15, 0.2) is 0 Å². The summed E-state index contributed by atoms with van der Waals surface area (Å²) in [4.78, 5) is 2.15. The minimum Gasteiger partial charge on any atom is -0.378 e. The van der Waals surface area contributed by atoms with E-state index < -0.39 is 10.0 Å². The largest absolute Gasteiger partial charge is 0.378 e. The number of sulfonamides is 1. The molecule has 3 rings (SSSR count). The van der Waals surface area contributed by atoms with E-state index in [4.69, 9.17) is 16.3 Å². The highest BCUT2D eigenvalue weighted by atomic mass is 35.5. The van der Waals surface area contributed by atoms with Crippen LogP contribution in [0.15, 0.2) is 48.5 Å². The third-order valence-corrected chi connectivity index (χ3v) is 5.37. The molecule has 0 unspecified atom stereocenters. The van der Waals surface area contributed by atoms with Gasteiger partial charge in [0, 0.05) is 18.8 Å². The van der Waals surface area contributed by atoms with Crippen LogP contribution >= 0.6 is 11.6 Å². The highest BCUT2D eigenvalue weighted by Gasteiger charge is 2.16. The predicted molar refractivity (Wildman–Crippen MR) is 97.2 cm³/mol. The van der Waals surface area contributed by atoms with Crippen LogP contribution in [0, 0.1) is 0 Å². The van der Waals surface area contributed by atoms with Crippen molar-refractivity contribution in [3.63, 3.8) is 0 Å². The Hall–Kier alpha value is -1.76. The molecule has 2 aromatic rings. The van der Waals surface area contributed by atoms with Crippen molar-refractivity contribution in [3.8, 4) is 0 Å². The van der Waals surface area contributed by atoms with Crippen molar-refractivity contribution in [2.45, 2.75) is 5.75 Å². The highest BCUT2D eigenvalue weighted by molar-refractivity contribution is 7.91. The van der Waals surface area contributed by atoms with E-state index in [0.29, 0.717) is 23.9 Å². The second kappa shape index (κ2) is 7.42. The van der Waals surface area contributed by atoms with Crippen LogP contribution in [0.1, 0.15) is 5.56 Å². The normalized spacial score (nSPS) is 15.3. The summed E-state index contributed by atoms with van der Waals surface area (Å²) >= 11 is 6.17. The maximum absolute atomic E-state index is 12.4. The average molecular weight is 367 g/mol. The molecule has 1 heterocycles. The van der Waals surface area contributed by atoms with Crippen LogP contribution < -0.4 is 9.62 Å². The maximum Gasteiger partial charge on any atom is 0.236 e. The lowest BCUT2D eigenvalue weighted by Crippen LogP contribution is -2.36. The van der Waals surface area contributed by atoms with Crippen molar-refractivity contribution in [3.05, 3.63) is 59.1 Å². The van der Waals surface area contributed by atoms with Crippen molar-refractivity contribution in [2.24, 2.45) is 0 Å². The molecule has 0 spiro atoms. The summed E-state index contributed by atoms with van der Waals surface area (Å²) in [6.07, 6.45) is 0. The minimum atomic E-state index is -3.54. The van der Waals surface area contributed by atoms with E-state index in [1.165, 1.54) is 0 Å². The zero-order valence-electron chi connectivity index (χ0n) is 13.1. The number of hydrogen-bond acceptors (Lipinski definition) is 4. The smallest absolute Gasteiger partial charge is 0.236 e. The van der Waals surface area contributed by atoms with Gasteiger partial charge in [-0.05, 0) is 23.8 Å². The maximum atomic E-state index is 12.4. The molecular formula is C17H19ClN2O3S. The molecule has 1 aliphatic rings. The molecule has 5 nitrogen and oxygen atoms in total. The Morgan fingerprint density at radius 2 is 1.79 bits per heavy atom. The van der Waals surface area contributed by atoms with E-state index in [1.807, 2.05) is 24.3 Å². The number of rotatable bonds is 5. The molecule has 128 valence electrons. The Morgan fingerprint density at radius 1 is 1.08 bits per heavy atom. The van der Waals surface area contributed by atoms with Crippen LogP contribution in [-0.2, 0) is 20.5 Å². The van der Waals surface area contributed by atoms with Crippen LogP contribution in [-0.4, -0.2) is 34.7 Å². The fraction of sp³-hybridized carbons (Fsp3) is 0.294. The Kier molecular flexibility index (Phi) is 5.28. The average Bonchev–Trinajstić information content (AvgIpc) is 2.58. The second-order valence-corrected chi connectivity index (χ2v) is 7.74. The number of nitrogens with zero attached hydrogens (tertiary/aromatic N) is 1. The minimum absolute atomic E-state index is 0.0913. The van der Waals surface area contributed by atoms with Crippen molar-refractivity contribution in [1.82, 2.24) is 0 Å². The first-order chi connectivity index (χ1) is 11.5. The SMILES string of the molecule is O=S(=O)(Cc1ccccc1)Nc1cc(N2CCOCC2)ccc1Cl. The summed E-state index contributed by atoms with van der Waals surface area (Å²) in [7, 11) is -3.54. The van der Waals surface area contributed by atoms with Gasteiger partial charge in [-0.2, -0.15) is 0 Å². The summed E-state index contributed by atoms with van der Waals surface area (Å²) in [6.45, 7) is 2.88. The van der Waals surface area contributed by atoms with Gasteiger partial charge in [-0.25, -0.2) is 8.42 Å². The highest BCUT2D eigenvalue weighted by Crippen LogP contribution is 2.29. The number of benzene rings is 2. The number of halogens is 1. The zero-order valence-corrected chi connectivity index (χ0v) is 14.7. The first-order valence-corrected chi connectivity index (χ1v) is 9.73. The van der Waals surface area contributed by atoms with Gasteiger partial charge >= 0.3 is 0 Å². The molecule has 0 saturated carbocycles. The van der Waals surface area contributed by atoms with E-state index in [0.717, 1.165) is 24.3 Å². The number of morpholine rings is 1. The summed E-state index contributed by atoms with van der Waals surface area (Å²) in [5, 5.41) is 0.378. The summed E-state index contributed by atoms with van der Waals surface area (Å²) in [6, 6.07) is 14.4. The molecule has 1 aliphatic heterocycles. The second-order valence-electron chi connectivity index (χ2n) is 5.61. The van der Waals surface area contributed by atoms with E-state index in [2.05, 4.69) is 9.62 Å². The summed E-state index contributed by atoms with van der Waals surface area (Å²) < 4.78 is 32.8. The van der Waals surface area contributed by atoms with Crippen LogP contribution in [0.25, 0.3) is 0 Å². The molecule has 0 aromatic heterocycles. The predicted octanol–water partition coefficient (Wildman–Crippen LogP) is 3.12. The van der Waals surface area contributed by atoms with Gasteiger partial charge in [0.25, 0.3) is 0 Å². The quantitative estimate of drug-likeness (QED) is 0.883. The fourth-order valence-electron chi connectivity index (χ4n) is 2.61. The van der Waals surface area contributed by atoms with E-state index in [9.17, 15) is 8.42 Å². The Labute approximate surface area is 147 Å². The van der Waals surface area contributed by atoms with Crippen molar-refractivity contribution in [1.29, 1.82) is 0 Å². The fourth-order valence-corrected chi connectivity index (χ4v) is 4.04. The van der Waals surface area contributed by atoms with E-state index >= 15 is 0 Å². The van der Waals surface area contributed by atoms with Crippen LogP contribution in [0.5, 0.6) is 0 Å². The van der Waals surface area contributed by atoms with Crippen LogP contribution in [0.4, 0.5) is 11.4 Å². The molecule has 24 heavy (non-hydrogen) atoms. The topological polar surface area (TPSA) is 58.6 Å². The molecule has 0 amide bonds. The van der Waals surface area contributed by atoms with Crippen molar-refractivity contribution < 1.29 is 13.2 Å². The molecule has 0 bridgehead atoms.